The fraction of sp³-hybridized carbons (Fsp3) is 0.444. The van der Waals surface area contributed by atoms with Crippen molar-refractivity contribution in [3.05, 3.63) is 41.6 Å². The van der Waals surface area contributed by atoms with Crippen LogP contribution in [0.1, 0.15) is 31.2 Å². The average molecular weight is 295 g/mol. The van der Waals surface area contributed by atoms with Crippen LogP contribution in [-0.4, -0.2) is 30.4 Å². The van der Waals surface area contributed by atoms with Crippen molar-refractivity contribution in [2.24, 2.45) is 0 Å². The Labute approximate surface area is 131 Å². The van der Waals surface area contributed by atoms with Gasteiger partial charge in [-0.1, -0.05) is 18.2 Å². The monoisotopic (exact) mass is 295 g/mol. The first kappa shape index (κ1) is 14.6. The second kappa shape index (κ2) is 6.65. The summed E-state index contributed by atoms with van der Waals surface area (Å²) in [5, 5.41) is 9.41. The maximum absolute atomic E-state index is 12.8. The van der Waals surface area contributed by atoms with Gasteiger partial charge in [0.1, 0.15) is 11.6 Å². The number of hydrogen-bond donors (Lipinski definition) is 0. The molecule has 0 aromatic heterocycles. The number of nitriles is 1. The van der Waals surface area contributed by atoms with E-state index in [0.717, 1.165) is 44.5 Å². The highest BCUT2D eigenvalue weighted by Crippen LogP contribution is 2.28. The molecule has 22 heavy (non-hydrogen) atoms. The van der Waals surface area contributed by atoms with E-state index in [1.807, 2.05) is 18.2 Å². The molecule has 1 saturated heterocycles. The van der Waals surface area contributed by atoms with Gasteiger partial charge in [0.2, 0.25) is 0 Å². The predicted octanol–water partition coefficient (Wildman–Crippen LogP) is 2.86. The van der Waals surface area contributed by atoms with Gasteiger partial charge in [0.25, 0.3) is 5.91 Å². The van der Waals surface area contributed by atoms with Gasteiger partial charge in [-0.15, -0.1) is 0 Å². The Morgan fingerprint density at radius 2 is 1.86 bits per heavy atom. The van der Waals surface area contributed by atoms with Crippen molar-refractivity contribution >= 4 is 11.6 Å². The zero-order valence-corrected chi connectivity index (χ0v) is 12.8. The van der Waals surface area contributed by atoms with Gasteiger partial charge in [0.15, 0.2) is 0 Å². The third kappa shape index (κ3) is 2.99. The second-order valence-electron chi connectivity index (χ2n) is 5.94. The molecule has 2 heterocycles. The number of carbonyl (C=O) groups excluding carboxylic acids is 1. The largest absolute Gasteiger partial charge is 0.376 e. The molecular formula is C18H21N3O. The molecule has 0 atom stereocenters. The molecule has 1 fully saturated rings. The van der Waals surface area contributed by atoms with Crippen LogP contribution in [0.3, 0.4) is 0 Å². The van der Waals surface area contributed by atoms with Gasteiger partial charge in [-0.3, -0.25) is 4.79 Å². The van der Waals surface area contributed by atoms with Crippen molar-refractivity contribution in [2.45, 2.75) is 32.1 Å². The number of aryl methyl sites for hydroxylation is 1. The van der Waals surface area contributed by atoms with E-state index in [0.29, 0.717) is 6.54 Å². The average Bonchev–Trinajstić information content (AvgIpc) is 2.59. The molecule has 0 bridgehead atoms. The van der Waals surface area contributed by atoms with E-state index in [9.17, 15) is 10.1 Å². The van der Waals surface area contributed by atoms with Crippen molar-refractivity contribution in [1.29, 1.82) is 5.26 Å². The minimum absolute atomic E-state index is 0.166. The Morgan fingerprint density at radius 1 is 1.09 bits per heavy atom. The minimum Gasteiger partial charge on any atom is -0.376 e. The number of fused-ring (bicyclic) bond motifs is 1. The fourth-order valence-electron chi connectivity index (χ4n) is 3.25. The van der Waals surface area contributed by atoms with Crippen LogP contribution >= 0.6 is 0 Å². The number of carbonyl (C=O) groups is 1. The lowest BCUT2D eigenvalue weighted by Gasteiger charge is -2.30. The Bertz CT molecular complexity index is 623. The molecule has 114 valence electrons. The Kier molecular flexibility index (Phi) is 4.43. The first-order valence-electron chi connectivity index (χ1n) is 8.05. The SMILES string of the molecule is N#C/C(=C/N1CCCCC1)C(=O)N1CCCc2ccccc21. The summed E-state index contributed by atoms with van der Waals surface area (Å²) in [5.74, 6) is -0.166. The summed E-state index contributed by atoms with van der Waals surface area (Å²) < 4.78 is 0. The van der Waals surface area contributed by atoms with Crippen LogP contribution in [0.15, 0.2) is 36.0 Å². The van der Waals surface area contributed by atoms with E-state index in [2.05, 4.69) is 17.0 Å². The first-order valence-corrected chi connectivity index (χ1v) is 8.05. The number of rotatable bonds is 2. The summed E-state index contributed by atoms with van der Waals surface area (Å²) in [6, 6.07) is 10.1. The standard InChI is InChI=1S/C18H21N3O/c19-13-16(14-20-10-4-1-5-11-20)18(22)21-12-6-8-15-7-2-3-9-17(15)21/h2-3,7,9,14H,1,4-6,8,10-12H2/b16-14-. The fourth-order valence-corrected chi connectivity index (χ4v) is 3.25. The number of benzene rings is 1. The second-order valence-corrected chi connectivity index (χ2v) is 5.94. The summed E-state index contributed by atoms with van der Waals surface area (Å²) >= 11 is 0. The molecule has 4 heteroatoms. The lowest BCUT2D eigenvalue weighted by Crippen LogP contribution is -2.37. The van der Waals surface area contributed by atoms with Gasteiger partial charge in [-0.05, 0) is 43.7 Å². The third-order valence-corrected chi connectivity index (χ3v) is 4.41. The predicted molar refractivity (Wildman–Crippen MR) is 86.2 cm³/mol. The van der Waals surface area contributed by atoms with Crippen LogP contribution < -0.4 is 4.90 Å². The van der Waals surface area contributed by atoms with Gasteiger partial charge in [0.05, 0.1) is 0 Å². The highest BCUT2D eigenvalue weighted by molar-refractivity contribution is 6.08. The third-order valence-electron chi connectivity index (χ3n) is 4.41. The van der Waals surface area contributed by atoms with Crippen LogP contribution in [0.5, 0.6) is 0 Å². The molecule has 0 spiro atoms. The molecule has 1 aromatic carbocycles. The number of anilines is 1. The van der Waals surface area contributed by atoms with E-state index < -0.39 is 0 Å². The van der Waals surface area contributed by atoms with Crippen LogP contribution in [0.2, 0.25) is 0 Å². The van der Waals surface area contributed by atoms with E-state index in [1.54, 1.807) is 11.1 Å². The lowest BCUT2D eigenvalue weighted by atomic mass is 10.0. The van der Waals surface area contributed by atoms with Gasteiger partial charge in [-0.2, -0.15) is 5.26 Å². The van der Waals surface area contributed by atoms with Crippen LogP contribution in [-0.2, 0) is 11.2 Å². The molecule has 0 aliphatic carbocycles. The number of piperidine rings is 1. The molecule has 0 radical (unpaired) electrons. The molecule has 1 amide bonds. The smallest absolute Gasteiger partial charge is 0.270 e. The number of likely N-dealkylation sites (tertiary alicyclic amines) is 1. The quantitative estimate of drug-likeness (QED) is 0.622. The van der Waals surface area contributed by atoms with Crippen LogP contribution in [0, 0.1) is 11.3 Å². The first-order chi connectivity index (χ1) is 10.8. The van der Waals surface area contributed by atoms with E-state index in [4.69, 9.17) is 0 Å². The summed E-state index contributed by atoms with van der Waals surface area (Å²) in [6.07, 6.45) is 7.22. The molecule has 2 aliphatic rings. The Hall–Kier alpha value is -2.28. The van der Waals surface area contributed by atoms with Crippen LogP contribution in [0.25, 0.3) is 0 Å². The van der Waals surface area contributed by atoms with Crippen LogP contribution in [0.4, 0.5) is 5.69 Å². The molecule has 1 aromatic rings. The van der Waals surface area contributed by atoms with E-state index >= 15 is 0 Å². The van der Waals surface area contributed by atoms with E-state index in [1.165, 1.54) is 12.0 Å². The molecular weight excluding hydrogens is 274 g/mol. The van der Waals surface area contributed by atoms with E-state index in [-0.39, 0.29) is 11.5 Å². The number of para-hydroxylation sites is 1. The van der Waals surface area contributed by atoms with Crippen molar-refractivity contribution in [3.8, 4) is 6.07 Å². The zero-order chi connectivity index (χ0) is 15.4. The molecule has 0 N–H and O–H groups in total. The molecule has 2 aliphatic heterocycles. The normalized spacial score (nSPS) is 18.6. The van der Waals surface area contributed by atoms with Gasteiger partial charge in [-0.25, -0.2) is 0 Å². The Balaban J connectivity index is 1.83. The van der Waals surface area contributed by atoms with Crippen molar-refractivity contribution in [3.63, 3.8) is 0 Å². The maximum Gasteiger partial charge on any atom is 0.270 e. The van der Waals surface area contributed by atoms with Crippen molar-refractivity contribution < 1.29 is 4.79 Å². The highest BCUT2D eigenvalue weighted by atomic mass is 16.2. The topological polar surface area (TPSA) is 47.3 Å². The molecule has 3 rings (SSSR count). The number of hydrogen-bond acceptors (Lipinski definition) is 3. The van der Waals surface area contributed by atoms with Crippen molar-refractivity contribution in [1.82, 2.24) is 4.90 Å². The van der Waals surface area contributed by atoms with Gasteiger partial charge < -0.3 is 9.80 Å². The summed E-state index contributed by atoms with van der Waals surface area (Å²) in [7, 11) is 0. The molecule has 0 unspecified atom stereocenters. The number of nitrogens with zero attached hydrogens (tertiary/aromatic N) is 3. The van der Waals surface area contributed by atoms with Crippen molar-refractivity contribution in [2.75, 3.05) is 24.5 Å². The minimum atomic E-state index is -0.166. The zero-order valence-electron chi connectivity index (χ0n) is 12.8. The maximum atomic E-state index is 12.8. The van der Waals surface area contributed by atoms with Gasteiger partial charge >= 0.3 is 0 Å². The molecule has 4 nitrogen and oxygen atoms in total. The Morgan fingerprint density at radius 3 is 2.64 bits per heavy atom. The highest BCUT2D eigenvalue weighted by Gasteiger charge is 2.25. The van der Waals surface area contributed by atoms with Gasteiger partial charge in [0, 0.05) is 31.5 Å². The lowest BCUT2D eigenvalue weighted by molar-refractivity contribution is -0.114. The summed E-state index contributed by atoms with van der Waals surface area (Å²) in [5.41, 5.74) is 2.40. The summed E-state index contributed by atoms with van der Waals surface area (Å²) in [6.45, 7) is 2.57. The number of amides is 1. The molecule has 0 saturated carbocycles. The summed E-state index contributed by atoms with van der Waals surface area (Å²) in [4.78, 5) is 16.6.